The van der Waals surface area contributed by atoms with Crippen LogP contribution in [-0.4, -0.2) is 35.6 Å². The van der Waals surface area contributed by atoms with Crippen molar-refractivity contribution in [3.8, 4) is 17.2 Å². The van der Waals surface area contributed by atoms with Crippen molar-refractivity contribution in [1.82, 2.24) is 4.57 Å². The Morgan fingerprint density at radius 3 is 2.59 bits per heavy atom. The maximum absolute atomic E-state index is 12.9. The molecule has 3 aromatic rings. The molecule has 0 bridgehead atoms. The monoisotopic (exact) mass is 434 g/mol. The number of para-hydroxylation sites is 4. The van der Waals surface area contributed by atoms with Crippen LogP contribution in [0.4, 0.5) is 5.69 Å². The lowest BCUT2D eigenvalue weighted by atomic mass is 10.1. The molecule has 1 aliphatic heterocycles. The SMILES string of the molecule is CC(=O)Nc1ccccc1OCC(=O)c1cc(C)n(C[C@@H]2COc3ccccc3O2)c1C. The van der Waals surface area contributed by atoms with Crippen molar-refractivity contribution in [3.05, 3.63) is 71.5 Å². The van der Waals surface area contributed by atoms with Gasteiger partial charge in [-0.15, -0.1) is 0 Å². The largest absolute Gasteiger partial charge is 0.486 e. The highest BCUT2D eigenvalue weighted by Gasteiger charge is 2.24. The summed E-state index contributed by atoms with van der Waals surface area (Å²) in [5.74, 6) is 1.60. The summed E-state index contributed by atoms with van der Waals surface area (Å²) in [5.41, 5.74) is 2.96. The fraction of sp³-hybridized carbons (Fsp3) is 0.280. The van der Waals surface area contributed by atoms with Crippen molar-refractivity contribution in [2.75, 3.05) is 18.5 Å². The zero-order chi connectivity index (χ0) is 22.7. The molecule has 0 saturated carbocycles. The first-order chi connectivity index (χ1) is 15.4. The molecule has 1 atom stereocenters. The molecule has 1 amide bonds. The lowest BCUT2D eigenvalue weighted by molar-refractivity contribution is -0.114. The minimum Gasteiger partial charge on any atom is -0.486 e. The molecule has 0 aliphatic carbocycles. The molecule has 0 saturated heterocycles. The molecule has 7 heteroatoms. The molecule has 2 heterocycles. The number of carbonyl (C=O) groups is 2. The van der Waals surface area contributed by atoms with Gasteiger partial charge in [0, 0.05) is 23.9 Å². The van der Waals surface area contributed by atoms with Crippen molar-refractivity contribution >= 4 is 17.4 Å². The second-order valence-corrected chi connectivity index (χ2v) is 7.78. The fourth-order valence-corrected chi connectivity index (χ4v) is 3.83. The van der Waals surface area contributed by atoms with Crippen molar-refractivity contribution in [2.24, 2.45) is 0 Å². The maximum atomic E-state index is 12.9. The van der Waals surface area contributed by atoms with Crippen LogP contribution in [0.5, 0.6) is 17.2 Å². The number of amides is 1. The average Bonchev–Trinajstić information content (AvgIpc) is 3.06. The maximum Gasteiger partial charge on any atom is 0.221 e. The van der Waals surface area contributed by atoms with Crippen LogP contribution in [0, 0.1) is 13.8 Å². The molecule has 0 fully saturated rings. The summed E-state index contributed by atoms with van der Waals surface area (Å²) in [6.07, 6.45) is -0.154. The van der Waals surface area contributed by atoms with Crippen LogP contribution in [0.2, 0.25) is 0 Å². The number of carbonyl (C=O) groups excluding carboxylic acids is 2. The summed E-state index contributed by atoms with van der Waals surface area (Å²) in [5, 5.41) is 2.71. The van der Waals surface area contributed by atoms with E-state index in [1.807, 2.05) is 44.2 Å². The summed E-state index contributed by atoms with van der Waals surface area (Å²) in [7, 11) is 0. The molecular weight excluding hydrogens is 408 g/mol. The van der Waals surface area contributed by atoms with Crippen molar-refractivity contribution < 1.29 is 23.8 Å². The summed E-state index contributed by atoms with van der Waals surface area (Å²) in [6, 6.07) is 16.5. The van der Waals surface area contributed by atoms with Gasteiger partial charge in [-0.05, 0) is 44.2 Å². The number of ketones is 1. The highest BCUT2D eigenvalue weighted by atomic mass is 16.6. The molecule has 0 spiro atoms. The third-order valence-corrected chi connectivity index (χ3v) is 5.38. The Morgan fingerprint density at radius 2 is 1.81 bits per heavy atom. The number of rotatable bonds is 7. The van der Waals surface area contributed by atoms with Crippen molar-refractivity contribution in [3.63, 3.8) is 0 Å². The van der Waals surface area contributed by atoms with Crippen LogP contribution in [0.15, 0.2) is 54.6 Å². The van der Waals surface area contributed by atoms with E-state index in [1.165, 1.54) is 6.92 Å². The highest BCUT2D eigenvalue weighted by Crippen LogP contribution is 2.32. The summed E-state index contributed by atoms with van der Waals surface area (Å²) >= 11 is 0. The first-order valence-electron chi connectivity index (χ1n) is 10.5. The van der Waals surface area contributed by atoms with Gasteiger partial charge in [-0.3, -0.25) is 9.59 Å². The van der Waals surface area contributed by atoms with Gasteiger partial charge in [-0.1, -0.05) is 24.3 Å². The van der Waals surface area contributed by atoms with Crippen LogP contribution in [-0.2, 0) is 11.3 Å². The third kappa shape index (κ3) is 4.61. The Hall–Kier alpha value is -3.74. The third-order valence-electron chi connectivity index (χ3n) is 5.38. The molecule has 1 aromatic heterocycles. The zero-order valence-electron chi connectivity index (χ0n) is 18.4. The normalized spacial score (nSPS) is 14.7. The van der Waals surface area contributed by atoms with Crippen LogP contribution in [0.1, 0.15) is 28.7 Å². The number of nitrogens with zero attached hydrogens (tertiary/aromatic N) is 1. The van der Waals surface area contributed by atoms with E-state index < -0.39 is 0 Å². The van der Waals surface area contributed by atoms with Crippen LogP contribution in [0.25, 0.3) is 0 Å². The van der Waals surface area contributed by atoms with Gasteiger partial charge in [-0.25, -0.2) is 0 Å². The van der Waals surface area contributed by atoms with Crippen molar-refractivity contribution in [2.45, 2.75) is 33.4 Å². The molecule has 166 valence electrons. The zero-order valence-corrected chi connectivity index (χ0v) is 18.4. The Labute approximate surface area is 186 Å². The molecule has 4 rings (SSSR count). The quantitative estimate of drug-likeness (QED) is 0.565. The molecule has 2 aromatic carbocycles. The van der Waals surface area contributed by atoms with Gasteiger partial charge in [0.05, 0.1) is 12.2 Å². The predicted octanol–water partition coefficient (Wildman–Crippen LogP) is 4.17. The number of hydrogen-bond donors (Lipinski definition) is 1. The first kappa shape index (κ1) is 21.5. The first-order valence-corrected chi connectivity index (χ1v) is 10.5. The van der Waals surface area contributed by atoms with Crippen LogP contribution >= 0.6 is 0 Å². The number of aryl methyl sites for hydroxylation is 1. The standard InChI is InChI=1S/C25H26N2O5/c1-16-12-20(22(29)15-31-23-9-5-4-8-21(23)26-18(3)28)17(2)27(16)13-19-14-30-24-10-6-7-11-25(24)32-19/h4-12,19H,13-15H2,1-3H3,(H,26,28)/t19-/m1/s1. The predicted molar refractivity (Wildman–Crippen MR) is 121 cm³/mol. The lowest BCUT2D eigenvalue weighted by Crippen LogP contribution is -2.33. The second kappa shape index (κ2) is 9.18. The van der Waals surface area contributed by atoms with E-state index in [2.05, 4.69) is 9.88 Å². The number of Topliss-reactive ketones (excluding diaryl/α,β-unsaturated/α-hetero) is 1. The molecule has 7 nitrogen and oxygen atoms in total. The summed E-state index contributed by atoms with van der Waals surface area (Å²) in [4.78, 5) is 24.3. The number of ether oxygens (including phenoxy) is 3. The second-order valence-electron chi connectivity index (χ2n) is 7.78. The average molecular weight is 434 g/mol. The van der Waals surface area contributed by atoms with E-state index in [1.54, 1.807) is 24.3 Å². The summed E-state index contributed by atoms with van der Waals surface area (Å²) in [6.45, 7) is 6.21. The van der Waals surface area contributed by atoms with Gasteiger partial charge < -0.3 is 24.1 Å². The van der Waals surface area contributed by atoms with E-state index in [-0.39, 0.29) is 24.4 Å². The Kier molecular flexibility index (Phi) is 6.16. The molecule has 32 heavy (non-hydrogen) atoms. The van der Waals surface area contributed by atoms with Gasteiger partial charge in [0.1, 0.15) is 12.4 Å². The fourth-order valence-electron chi connectivity index (χ4n) is 3.83. The lowest BCUT2D eigenvalue weighted by Gasteiger charge is -2.27. The topological polar surface area (TPSA) is 78.8 Å². The van der Waals surface area contributed by atoms with Gasteiger partial charge in [0.2, 0.25) is 11.7 Å². The molecule has 1 N–H and O–H groups in total. The smallest absolute Gasteiger partial charge is 0.221 e. The van der Waals surface area contributed by atoms with E-state index >= 15 is 0 Å². The van der Waals surface area contributed by atoms with Gasteiger partial charge >= 0.3 is 0 Å². The van der Waals surface area contributed by atoms with Crippen molar-refractivity contribution in [1.29, 1.82) is 0 Å². The molecular formula is C25H26N2O5. The van der Waals surface area contributed by atoms with E-state index in [0.29, 0.717) is 30.2 Å². The Bertz CT molecular complexity index is 1150. The number of benzene rings is 2. The number of hydrogen-bond acceptors (Lipinski definition) is 5. The van der Waals surface area contributed by atoms with Crippen LogP contribution < -0.4 is 19.5 Å². The minimum absolute atomic E-state index is 0.128. The van der Waals surface area contributed by atoms with Gasteiger partial charge in [0.15, 0.2) is 24.2 Å². The Balaban J connectivity index is 1.44. The number of nitrogens with one attached hydrogen (secondary N) is 1. The van der Waals surface area contributed by atoms with Gasteiger partial charge in [0.25, 0.3) is 0 Å². The van der Waals surface area contributed by atoms with Gasteiger partial charge in [-0.2, -0.15) is 0 Å². The molecule has 1 aliphatic rings. The van der Waals surface area contributed by atoms with Crippen LogP contribution in [0.3, 0.4) is 0 Å². The Morgan fingerprint density at radius 1 is 1.09 bits per heavy atom. The molecule has 0 unspecified atom stereocenters. The summed E-state index contributed by atoms with van der Waals surface area (Å²) < 4.78 is 19.7. The number of fused-ring (bicyclic) bond motifs is 1. The number of aromatic nitrogens is 1. The van der Waals surface area contributed by atoms with E-state index in [9.17, 15) is 9.59 Å². The number of anilines is 1. The highest BCUT2D eigenvalue weighted by molar-refractivity contribution is 5.99. The van der Waals surface area contributed by atoms with E-state index in [4.69, 9.17) is 14.2 Å². The molecule has 0 radical (unpaired) electrons. The van der Waals surface area contributed by atoms with E-state index in [0.717, 1.165) is 22.9 Å². The minimum atomic E-state index is -0.201.